The molecule has 8 nitrogen and oxygen atoms in total. The van der Waals surface area contributed by atoms with Crippen molar-refractivity contribution in [2.75, 3.05) is 23.0 Å². The third kappa shape index (κ3) is 6.61. The van der Waals surface area contributed by atoms with E-state index in [0.717, 1.165) is 25.7 Å². The molecule has 9 rings (SSSR count). The normalized spacial score (nSPS) is 13.9. The van der Waals surface area contributed by atoms with E-state index in [9.17, 15) is 19.2 Å². The number of ether oxygens (including phenoxy) is 2. The summed E-state index contributed by atoms with van der Waals surface area (Å²) in [5.41, 5.74) is 2.12. The van der Waals surface area contributed by atoms with Crippen molar-refractivity contribution in [1.82, 2.24) is 0 Å². The van der Waals surface area contributed by atoms with Crippen molar-refractivity contribution in [2.24, 2.45) is 0 Å². The maximum Gasteiger partial charge on any atom is 0.266 e. The Balaban J connectivity index is 1.07. The molecule has 0 saturated heterocycles. The zero-order valence-electron chi connectivity index (χ0n) is 33.7. The summed E-state index contributed by atoms with van der Waals surface area (Å²) in [6.45, 7) is 5.57. The maximum atomic E-state index is 14.3. The van der Waals surface area contributed by atoms with E-state index < -0.39 is 23.6 Å². The highest BCUT2D eigenvalue weighted by molar-refractivity contribution is 6.52. The number of anilines is 2. The van der Waals surface area contributed by atoms with E-state index in [1.54, 1.807) is 72.8 Å². The first-order valence-electron chi connectivity index (χ1n) is 21.1. The molecule has 304 valence electrons. The van der Waals surface area contributed by atoms with Crippen LogP contribution in [0.4, 0.5) is 11.4 Å². The minimum atomic E-state index is -0.497. The van der Waals surface area contributed by atoms with Crippen LogP contribution >= 0.6 is 23.2 Å². The van der Waals surface area contributed by atoms with Gasteiger partial charge in [0.1, 0.15) is 11.5 Å². The summed E-state index contributed by atoms with van der Waals surface area (Å²) in [4.78, 5) is 59.7. The molecule has 10 heteroatoms. The average Bonchev–Trinajstić information content (AvgIpc) is 3.25. The molecule has 0 unspecified atom stereocenters. The van der Waals surface area contributed by atoms with Gasteiger partial charge in [0.15, 0.2) is 0 Å². The summed E-state index contributed by atoms with van der Waals surface area (Å²) in [7, 11) is 0. The summed E-state index contributed by atoms with van der Waals surface area (Å²) in [5.74, 6) is -0.577. The van der Waals surface area contributed by atoms with E-state index in [4.69, 9.17) is 32.7 Å². The number of halogens is 2. The molecule has 0 saturated carbocycles. The van der Waals surface area contributed by atoms with Crippen molar-refractivity contribution < 1.29 is 28.7 Å². The van der Waals surface area contributed by atoms with E-state index in [2.05, 4.69) is 13.8 Å². The van der Waals surface area contributed by atoms with Gasteiger partial charge in [-0.3, -0.25) is 19.2 Å². The molecule has 2 aliphatic rings. The molecule has 0 spiro atoms. The highest BCUT2D eigenvalue weighted by Crippen LogP contribution is 2.51. The number of fused-ring (bicyclic) bond motifs is 2. The molecule has 0 bridgehead atoms. The molecular formula is C50H44Cl2N2O6. The second kappa shape index (κ2) is 16.4. The van der Waals surface area contributed by atoms with E-state index in [1.807, 2.05) is 12.1 Å². The number of amides is 4. The number of imide groups is 2. The lowest BCUT2D eigenvalue weighted by Gasteiger charge is -2.30. The van der Waals surface area contributed by atoms with Crippen LogP contribution in [0.2, 0.25) is 10.0 Å². The number of nitrogens with zero attached hydrogens (tertiary/aromatic N) is 2. The van der Waals surface area contributed by atoms with Crippen molar-refractivity contribution in [1.29, 1.82) is 0 Å². The van der Waals surface area contributed by atoms with Crippen molar-refractivity contribution in [3.05, 3.63) is 117 Å². The van der Waals surface area contributed by atoms with Crippen LogP contribution < -0.4 is 19.3 Å². The third-order valence-corrected chi connectivity index (χ3v) is 12.6. The van der Waals surface area contributed by atoms with Crippen LogP contribution in [0.3, 0.4) is 0 Å². The Morgan fingerprint density at radius 1 is 0.417 bits per heavy atom. The zero-order valence-corrected chi connectivity index (χ0v) is 35.2. The lowest BCUT2D eigenvalue weighted by atomic mass is 9.82. The van der Waals surface area contributed by atoms with Crippen LogP contribution in [-0.4, -0.2) is 36.8 Å². The van der Waals surface area contributed by atoms with Gasteiger partial charge in [-0.15, -0.1) is 0 Å². The first-order chi connectivity index (χ1) is 29.2. The number of carbonyl (C=O) groups excluding carboxylic acids is 4. The second-order valence-electron chi connectivity index (χ2n) is 15.8. The molecule has 2 aliphatic heterocycles. The summed E-state index contributed by atoms with van der Waals surface area (Å²) < 4.78 is 11.9. The van der Waals surface area contributed by atoms with Crippen LogP contribution in [-0.2, 0) is 0 Å². The molecule has 0 aromatic heterocycles. The van der Waals surface area contributed by atoms with Crippen LogP contribution in [0.25, 0.3) is 43.1 Å². The highest BCUT2D eigenvalue weighted by atomic mass is 35.5. The van der Waals surface area contributed by atoms with E-state index in [0.29, 0.717) is 100 Å². The Morgan fingerprint density at radius 3 is 1.17 bits per heavy atom. The van der Waals surface area contributed by atoms with E-state index >= 15 is 0 Å². The molecule has 7 aromatic carbocycles. The monoisotopic (exact) mass is 838 g/mol. The largest absolute Gasteiger partial charge is 0.494 e. The fourth-order valence-electron chi connectivity index (χ4n) is 9.01. The number of carbonyl (C=O) groups is 4. The van der Waals surface area contributed by atoms with Gasteiger partial charge in [0.2, 0.25) is 0 Å². The third-order valence-electron chi connectivity index (χ3n) is 12.0. The molecule has 7 aromatic rings. The predicted molar refractivity (Wildman–Crippen MR) is 241 cm³/mol. The molecule has 4 amide bonds. The van der Waals surface area contributed by atoms with Crippen LogP contribution in [0.5, 0.6) is 11.5 Å². The SMILES string of the molecule is CCCCCCCOc1ccc(N2C(=O)c3ccc4c5c(Cl)cc6c7c(ccc(c8c(Cl)cc(c3c48)C2=O)c75)C(=O)N(c2ccc(OCCCCCCC)cc2)C6=O)cc1. The molecule has 0 fully saturated rings. The van der Waals surface area contributed by atoms with E-state index in [1.165, 1.54) is 48.3 Å². The van der Waals surface area contributed by atoms with Crippen molar-refractivity contribution >= 4 is 101 Å². The zero-order chi connectivity index (χ0) is 41.7. The quantitative estimate of drug-likeness (QED) is 0.0416. The highest BCUT2D eigenvalue weighted by Gasteiger charge is 2.39. The van der Waals surface area contributed by atoms with Crippen molar-refractivity contribution in [2.45, 2.75) is 78.1 Å². The molecule has 60 heavy (non-hydrogen) atoms. The van der Waals surface area contributed by atoms with Gasteiger partial charge in [-0.05, 0) is 96.4 Å². The van der Waals surface area contributed by atoms with Crippen molar-refractivity contribution in [3.63, 3.8) is 0 Å². The summed E-state index contributed by atoms with van der Waals surface area (Å²) >= 11 is 14.3. The Hall–Kier alpha value is -5.70. The average molecular weight is 840 g/mol. The van der Waals surface area contributed by atoms with Crippen molar-refractivity contribution in [3.8, 4) is 11.5 Å². The van der Waals surface area contributed by atoms with Crippen LogP contribution in [0, 0.1) is 0 Å². The topological polar surface area (TPSA) is 93.2 Å². The van der Waals surface area contributed by atoms with E-state index in [-0.39, 0.29) is 11.1 Å². The summed E-state index contributed by atoms with van der Waals surface area (Å²) in [6, 6.07) is 24.3. The standard InChI is InChI=1S/C50H44Cl2N2O6/c1-3-5-7-9-11-25-59-31-17-13-29(14-18-31)53-47(55)35-23-21-33-44-40(52)28-38-42-36(24-22-34(46(42)44)43-39(51)27-37(49(53)57)41(35)45(33)43)48(56)54(50(38)58)30-15-19-32(20-16-30)60-26-12-10-8-6-4-2/h13-24,27-28H,3-12,25-26H2,1-2H3. The molecule has 0 N–H and O–H groups in total. The van der Waals surface area contributed by atoms with Gasteiger partial charge in [0.05, 0.1) is 35.7 Å². The molecule has 0 aliphatic carbocycles. The summed E-state index contributed by atoms with van der Waals surface area (Å²) in [5, 5.41) is 5.32. The molecular weight excluding hydrogens is 795 g/mol. The van der Waals surface area contributed by atoms with Gasteiger partial charge >= 0.3 is 0 Å². The first-order valence-corrected chi connectivity index (χ1v) is 21.8. The Kier molecular flexibility index (Phi) is 10.9. The Labute approximate surface area is 358 Å². The van der Waals surface area contributed by atoms with Crippen LogP contribution in [0.15, 0.2) is 84.9 Å². The molecule has 0 atom stereocenters. The molecule has 0 radical (unpaired) electrons. The Morgan fingerprint density at radius 2 is 0.783 bits per heavy atom. The lowest BCUT2D eigenvalue weighted by molar-refractivity contribution is 0.0877. The second-order valence-corrected chi connectivity index (χ2v) is 16.6. The number of benzene rings is 7. The Bertz CT molecular complexity index is 2660. The molecule has 2 heterocycles. The van der Waals surface area contributed by atoms with Crippen LogP contribution in [0.1, 0.15) is 119 Å². The predicted octanol–water partition coefficient (Wildman–Crippen LogP) is 13.3. The lowest BCUT2D eigenvalue weighted by Crippen LogP contribution is -2.40. The fourth-order valence-corrected chi connectivity index (χ4v) is 9.62. The van der Waals surface area contributed by atoms with Gasteiger partial charge in [-0.2, -0.15) is 0 Å². The van der Waals surface area contributed by atoms with Gasteiger partial charge in [-0.25, -0.2) is 9.80 Å². The minimum absolute atomic E-state index is 0.289. The fraction of sp³-hybridized carbons (Fsp3) is 0.280. The number of hydrogen-bond donors (Lipinski definition) is 0. The number of unbranched alkanes of at least 4 members (excludes halogenated alkanes) is 8. The first kappa shape index (κ1) is 39.7. The minimum Gasteiger partial charge on any atom is -0.494 e. The number of hydrogen-bond acceptors (Lipinski definition) is 6. The number of rotatable bonds is 16. The van der Waals surface area contributed by atoms with Gasteiger partial charge in [0, 0.05) is 53.5 Å². The maximum absolute atomic E-state index is 14.3. The smallest absolute Gasteiger partial charge is 0.266 e. The van der Waals surface area contributed by atoms with Gasteiger partial charge in [-0.1, -0.05) is 101 Å². The van der Waals surface area contributed by atoms with Gasteiger partial charge < -0.3 is 9.47 Å². The van der Waals surface area contributed by atoms with Gasteiger partial charge in [0.25, 0.3) is 23.6 Å². The summed E-state index contributed by atoms with van der Waals surface area (Å²) in [6.07, 6.45) is 11.3.